The van der Waals surface area contributed by atoms with Crippen molar-refractivity contribution in [3.05, 3.63) is 0 Å². The normalized spacial score (nSPS) is 22.5. The number of rotatable bonds is 4. The zero-order valence-corrected chi connectivity index (χ0v) is 8.18. The van der Waals surface area contributed by atoms with Gasteiger partial charge in [-0.25, -0.2) is 0 Å². The fraction of sp³-hybridized carbons (Fsp3) is 1.00. The lowest BCUT2D eigenvalue weighted by atomic mass is 10.2. The minimum absolute atomic E-state index is 0.632. The van der Waals surface area contributed by atoms with Gasteiger partial charge in [0.05, 0.1) is 13.2 Å². The van der Waals surface area contributed by atoms with E-state index in [1.807, 2.05) is 7.05 Å². The molecule has 0 spiro atoms. The standard InChI is InChI=1S/C9H20N2O/c1-9(10-2)3-4-11-5-7-12-8-6-11/h9-10H,3-8H2,1-2H3. The van der Waals surface area contributed by atoms with Crippen molar-refractivity contribution < 1.29 is 4.74 Å². The van der Waals surface area contributed by atoms with E-state index in [0.29, 0.717) is 6.04 Å². The Kier molecular flexibility index (Phi) is 4.58. The molecule has 0 radical (unpaired) electrons. The molecule has 0 aliphatic carbocycles. The molecule has 0 saturated carbocycles. The Labute approximate surface area is 75.1 Å². The molecule has 1 unspecified atom stereocenters. The first-order chi connectivity index (χ1) is 5.83. The first kappa shape index (κ1) is 9.96. The van der Waals surface area contributed by atoms with Crippen molar-refractivity contribution >= 4 is 0 Å². The number of nitrogens with one attached hydrogen (secondary N) is 1. The van der Waals surface area contributed by atoms with Crippen molar-refractivity contribution in [3.8, 4) is 0 Å². The smallest absolute Gasteiger partial charge is 0.0594 e. The lowest BCUT2D eigenvalue weighted by Gasteiger charge is -2.27. The molecule has 1 aliphatic rings. The Balaban J connectivity index is 2.05. The summed E-state index contributed by atoms with van der Waals surface area (Å²) in [5.74, 6) is 0. The third kappa shape index (κ3) is 3.52. The Hall–Kier alpha value is -0.120. The molecule has 0 amide bonds. The second kappa shape index (κ2) is 5.51. The largest absolute Gasteiger partial charge is 0.379 e. The molecule has 1 saturated heterocycles. The summed E-state index contributed by atoms with van der Waals surface area (Å²) in [6.45, 7) is 7.46. The van der Waals surface area contributed by atoms with Crippen LogP contribution in [0.3, 0.4) is 0 Å². The highest BCUT2D eigenvalue weighted by molar-refractivity contribution is 4.65. The second-order valence-electron chi connectivity index (χ2n) is 3.43. The van der Waals surface area contributed by atoms with Gasteiger partial charge < -0.3 is 10.1 Å². The number of nitrogens with zero attached hydrogens (tertiary/aromatic N) is 1. The summed E-state index contributed by atoms with van der Waals surface area (Å²) in [6.07, 6.45) is 1.23. The van der Waals surface area contributed by atoms with Gasteiger partial charge in [0.1, 0.15) is 0 Å². The summed E-state index contributed by atoms with van der Waals surface area (Å²) >= 11 is 0. The molecule has 1 N–H and O–H groups in total. The van der Waals surface area contributed by atoms with Crippen LogP contribution in [0.4, 0.5) is 0 Å². The molecule has 1 atom stereocenters. The molecular weight excluding hydrogens is 152 g/mol. The molecule has 1 rings (SSSR count). The summed E-state index contributed by atoms with van der Waals surface area (Å²) in [7, 11) is 2.02. The molecule has 1 fully saturated rings. The molecule has 1 heterocycles. The molecule has 0 aromatic rings. The molecule has 72 valence electrons. The first-order valence-electron chi connectivity index (χ1n) is 4.80. The zero-order valence-electron chi connectivity index (χ0n) is 8.18. The monoisotopic (exact) mass is 172 g/mol. The molecule has 0 aromatic carbocycles. The van der Waals surface area contributed by atoms with Gasteiger partial charge in [0.25, 0.3) is 0 Å². The molecule has 12 heavy (non-hydrogen) atoms. The number of morpholine rings is 1. The molecule has 1 aliphatic heterocycles. The first-order valence-corrected chi connectivity index (χ1v) is 4.80. The van der Waals surface area contributed by atoms with Crippen molar-refractivity contribution in [2.75, 3.05) is 39.9 Å². The van der Waals surface area contributed by atoms with E-state index in [2.05, 4.69) is 17.1 Å². The maximum absolute atomic E-state index is 5.28. The van der Waals surface area contributed by atoms with Gasteiger partial charge in [0, 0.05) is 19.1 Å². The van der Waals surface area contributed by atoms with Crippen LogP contribution in [0.5, 0.6) is 0 Å². The van der Waals surface area contributed by atoms with Crippen LogP contribution in [0.2, 0.25) is 0 Å². The lowest BCUT2D eigenvalue weighted by Crippen LogP contribution is -2.38. The average Bonchev–Trinajstić information content (AvgIpc) is 2.16. The van der Waals surface area contributed by atoms with E-state index in [0.717, 1.165) is 26.3 Å². The lowest BCUT2D eigenvalue weighted by molar-refractivity contribution is 0.0365. The topological polar surface area (TPSA) is 24.5 Å². The van der Waals surface area contributed by atoms with E-state index in [-0.39, 0.29) is 0 Å². The van der Waals surface area contributed by atoms with Gasteiger partial charge in [-0.3, -0.25) is 4.90 Å². The highest BCUT2D eigenvalue weighted by Crippen LogP contribution is 1.99. The molecule has 0 bridgehead atoms. The van der Waals surface area contributed by atoms with Crippen molar-refractivity contribution in [1.82, 2.24) is 10.2 Å². The van der Waals surface area contributed by atoms with Gasteiger partial charge in [-0.15, -0.1) is 0 Å². The van der Waals surface area contributed by atoms with E-state index in [1.165, 1.54) is 13.0 Å². The fourth-order valence-corrected chi connectivity index (χ4v) is 1.35. The Morgan fingerprint density at radius 2 is 2.08 bits per heavy atom. The fourth-order valence-electron chi connectivity index (χ4n) is 1.35. The minimum atomic E-state index is 0.632. The van der Waals surface area contributed by atoms with E-state index >= 15 is 0 Å². The van der Waals surface area contributed by atoms with Crippen molar-refractivity contribution in [1.29, 1.82) is 0 Å². The molecule has 3 nitrogen and oxygen atoms in total. The molecule has 0 aromatic heterocycles. The van der Waals surface area contributed by atoms with Crippen LogP contribution in [0, 0.1) is 0 Å². The van der Waals surface area contributed by atoms with Gasteiger partial charge in [0.15, 0.2) is 0 Å². The number of hydrogen-bond donors (Lipinski definition) is 1. The SMILES string of the molecule is CNC(C)CCN1CCOCC1. The third-order valence-corrected chi connectivity index (χ3v) is 2.47. The predicted octanol–water partition coefficient (Wildman–Crippen LogP) is 0.317. The van der Waals surface area contributed by atoms with Crippen LogP contribution < -0.4 is 5.32 Å². The van der Waals surface area contributed by atoms with Crippen LogP contribution in [0.15, 0.2) is 0 Å². The van der Waals surface area contributed by atoms with Crippen LogP contribution >= 0.6 is 0 Å². The molecular formula is C9H20N2O. The van der Waals surface area contributed by atoms with Crippen LogP contribution in [0.1, 0.15) is 13.3 Å². The summed E-state index contributed by atoms with van der Waals surface area (Å²) in [6, 6.07) is 0.632. The van der Waals surface area contributed by atoms with E-state index in [1.54, 1.807) is 0 Å². The Morgan fingerprint density at radius 1 is 1.42 bits per heavy atom. The summed E-state index contributed by atoms with van der Waals surface area (Å²) in [5, 5.41) is 3.25. The van der Waals surface area contributed by atoms with Crippen LogP contribution in [-0.4, -0.2) is 50.8 Å². The van der Waals surface area contributed by atoms with E-state index in [9.17, 15) is 0 Å². The van der Waals surface area contributed by atoms with E-state index in [4.69, 9.17) is 4.74 Å². The van der Waals surface area contributed by atoms with Crippen molar-refractivity contribution in [3.63, 3.8) is 0 Å². The maximum atomic E-state index is 5.28. The number of ether oxygens (including phenoxy) is 1. The van der Waals surface area contributed by atoms with E-state index < -0.39 is 0 Å². The van der Waals surface area contributed by atoms with Gasteiger partial charge in [-0.1, -0.05) is 0 Å². The quantitative estimate of drug-likeness (QED) is 0.661. The average molecular weight is 172 g/mol. The second-order valence-corrected chi connectivity index (χ2v) is 3.43. The summed E-state index contributed by atoms with van der Waals surface area (Å²) in [5.41, 5.74) is 0. The van der Waals surface area contributed by atoms with Gasteiger partial charge in [-0.05, 0) is 26.9 Å². The van der Waals surface area contributed by atoms with Gasteiger partial charge in [0.2, 0.25) is 0 Å². The van der Waals surface area contributed by atoms with Crippen molar-refractivity contribution in [2.24, 2.45) is 0 Å². The van der Waals surface area contributed by atoms with Gasteiger partial charge >= 0.3 is 0 Å². The maximum Gasteiger partial charge on any atom is 0.0594 e. The van der Waals surface area contributed by atoms with Crippen molar-refractivity contribution in [2.45, 2.75) is 19.4 Å². The van der Waals surface area contributed by atoms with Gasteiger partial charge in [-0.2, -0.15) is 0 Å². The minimum Gasteiger partial charge on any atom is -0.379 e. The Morgan fingerprint density at radius 3 is 2.67 bits per heavy atom. The zero-order chi connectivity index (χ0) is 8.81. The number of hydrogen-bond acceptors (Lipinski definition) is 3. The highest BCUT2D eigenvalue weighted by atomic mass is 16.5. The third-order valence-electron chi connectivity index (χ3n) is 2.47. The predicted molar refractivity (Wildman–Crippen MR) is 50.4 cm³/mol. The molecule has 3 heteroatoms. The van der Waals surface area contributed by atoms with Crippen LogP contribution in [0.25, 0.3) is 0 Å². The highest BCUT2D eigenvalue weighted by Gasteiger charge is 2.10. The summed E-state index contributed by atoms with van der Waals surface area (Å²) < 4.78 is 5.28. The van der Waals surface area contributed by atoms with Crippen LogP contribution in [-0.2, 0) is 4.74 Å². The Bertz CT molecular complexity index is 113. The summed E-state index contributed by atoms with van der Waals surface area (Å²) in [4.78, 5) is 2.47.